The van der Waals surface area contributed by atoms with Crippen molar-refractivity contribution in [1.82, 2.24) is 0 Å². The van der Waals surface area contributed by atoms with E-state index in [9.17, 15) is 4.79 Å². The molecule has 1 aromatic rings. The summed E-state index contributed by atoms with van der Waals surface area (Å²) in [6.07, 6.45) is 0. The largest absolute Gasteiger partial charge is 0.508 e. The van der Waals surface area contributed by atoms with Crippen molar-refractivity contribution in [2.75, 3.05) is 0 Å². The average molecular weight is 175 g/mol. The van der Waals surface area contributed by atoms with Crippen LogP contribution >= 0.6 is 0 Å². The van der Waals surface area contributed by atoms with Crippen LogP contribution in [0.5, 0.6) is 11.5 Å². The van der Waals surface area contributed by atoms with Crippen LogP contribution < -0.4 is 4.74 Å². The van der Waals surface area contributed by atoms with Gasteiger partial charge >= 0.3 is 5.97 Å². The maximum absolute atomic E-state index is 10.4. The predicted molar refractivity (Wildman–Crippen MR) is 45.2 cm³/mol. The summed E-state index contributed by atoms with van der Waals surface area (Å²) in [5.74, 6) is 0.229. The van der Waals surface area contributed by atoms with Gasteiger partial charge in [0, 0.05) is 36.5 Å². The molecular formula is C8H8NaO3. The Morgan fingerprint density at radius 3 is 2.25 bits per heavy atom. The van der Waals surface area contributed by atoms with Crippen molar-refractivity contribution in [3.05, 3.63) is 24.3 Å². The quantitative estimate of drug-likeness (QED) is 0.392. The third kappa shape index (κ3) is 3.76. The topological polar surface area (TPSA) is 46.5 Å². The van der Waals surface area contributed by atoms with Crippen LogP contribution in [0.15, 0.2) is 24.3 Å². The van der Waals surface area contributed by atoms with Gasteiger partial charge in [0.2, 0.25) is 0 Å². The van der Waals surface area contributed by atoms with Crippen molar-refractivity contribution in [2.45, 2.75) is 6.92 Å². The Bertz CT molecular complexity index is 256. The fraction of sp³-hybridized carbons (Fsp3) is 0.125. The van der Waals surface area contributed by atoms with Crippen molar-refractivity contribution >= 4 is 35.5 Å². The molecule has 0 atom stereocenters. The van der Waals surface area contributed by atoms with Crippen molar-refractivity contribution in [3.8, 4) is 11.5 Å². The molecule has 0 spiro atoms. The van der Waals surface area contributed by atoms with E-state index in [1.165, 1.54) is 31.2 Å². The van der Waals surface area contributed by atoms with Gasteiger partial charge in [0.1, 0.15) is 11.5 Å². The standard InChI is InChI=1S/C8H8O3.Na/c1-6(9)11-8-4-2-7(10)3-5-8;/h2-5,10H,1H3;. The number of hydrogen-bond acceptors (Lipinski definition) is 3. The molecule has 0 saturated carbocycles. The van der Waals surface area contributed by atoms with Crippen LogP contribution in [0.1, 0.15) is 6.92 Å². The summed E-state index contributed by atoms with van der Waals surface area (Å²) in [6.45, 7) is 1.33. The first-order valence-corrected chi connectivity index (χ1v) is 3.16. The van der Waals surface area contributed by atoms with Gasteiger partial charge in [0.25, 0.3) is 0 Å². The van der Waals surface area contributed by atoms with Crippen molar-refractivity contribution in [1.29, 1.82) is 0 Å². The fourth-order valence-corrected chi connectivity index (χ4v) is 0.680. The molecule has 0 saturated heterocycles. The van der Waals surface area contributed by atoms with E-state index in [1.807, 2.05) is 0 Å². The molecule has 12 heavy (non-hydrogen) atoms. The Labute approximate surface area is 92.6 Å². The molecule has 0 unspecified atom stereocenters. The summed E-state index contributed by atoms with van der Waals surface area (Å²) in [4.78, 5) is 10.4. The van der Waals surface area contributed by atoms with Crippen LogP contribution in [0, 0.1) is 0 Å². The SMILES string of the molecule is CC(=O)Oc1ccc(O)cc1.[Na]. The van der Waals surface area contributed by atoms with Gasteiger partial charge in [-0.3, -0.25) is 4.79 Å². The first kappa shape index (κ1) is 11.5. The minimum absolute atomic E-state index is 0. The van der Waals surface area contributed by atoms with Gasteiger partial charge in [-0.05, 0) is 24.3 Å². The molecule has 0 aliphatic heterocycles. The van der Waals surface area contributed by atoms with Crippen molar-refractivity contribution in [3.63, 3.8) is 0 Å². The molecule has 1 N–H and O–H groups in total. The van der Waals surface area contributed by atoms with Crippen LogP contribution in [0.4, 0.5) is 0 Å². The molecule has 0 fully saturated rings. The molecule has 3 nitrogen and oxygen atoms in total. The van der Waals surface area contributed by atoms with E-state index in [0.29, 0.717) is 5.75 Å². The molecule has 0 aliphatic rings. The maximum Gasteiger partial charge on any atom is 0.308 e. The molecular weight excluding hydrogens is 167 g/mol. The van der Waals surface area contributed by atoms with Gasteiger partial charge in [0.15, 0.2) is 0 Å². The molecule has 1 aromatic carbocycles. The molecule has 4 heteroatoms. The molecule has 1 rings (SSSR count). The van der Waals surface area contributed by atoms with Gasteiger partial charge in [-0.2, -0.15) is 0 Å². The zero-order chi connectivity index (χ0) is 8.27. The number of carbonyl (C=O) groups excluding carboxylic acids is 1. The first-order valence-electron chi connectivity index (χ1n) is 3.16. The van der Waals surface area contributed by atoms with Gasteiger partial charge in [-0.15, -0.1) is 0 Å². The average Bonchev–Trinajstić information content (AvgIpc) is 1.93. The summed E-state index contributed by atoms with van der Waals surface area (Å²) in [7, 11) is 0. The Morgan fingerprint density at radius 1 is 1.33 bits per heavy atom. The number of rotatable bonds is 1. The zero-order valence-electron chi connectivity index (χ0n) is 7.07. The van der Waals surface area contributed by atoms with Crippen LogP contribution in [-0.4, -0.2) is 40.6 Å². The van der Waals surface area contributed by atoms with Crippen LogP contribution in [0.3, 0.4) is 0 Å². The molecule has 0 heterocycles. The number of hydrogen-bond donors (Lipinski definition) is 1. The third-order valence-corrected chi connectivity index (χ3v) is 1.10. The predicted octanol–water partition coefficient (Wildman–Crippen LogP) is 0.937. The van der Waals surface area contributed by atoms with E-state index in [0.717, 1.165) is 0 Å². The summed E-state index contributed by atoms with van der Waals surface area (Å²) in [5.41, 5.74) is 0. The van der Waals surface area contributed by atoms with Crippen LogP contribution in [0.2, 0.25) is 0 Å². The smallest absolute Gasteiger partial charge is 0.308 e. The monoisotopic (exact) mass is 175 g/mol. The van der Waals surface area contributed by atoms with Crippen molar-refractivity contribution in [2.24, 2.45) is 0 Å². The van der Waals surface area contributed by atoms with Crippen LogP contribution in [-0.2, 0) is 4.79 Å². The van der Waals surface area contributed by atoms with E-state index in [2.05, 4.69) is 0 Å². The number of phenolic OH excluding ortho intramolecular Hbond substituents is 1. The number of aromatic hydroxyl groups is 1. The van der Waals surface area contributed by atoms with E-state index in [-0.39, 0.29) is 41.3 Å². The third-order valence-electron chi connectivity index (χ3n) is 1.10. The number of ether oxygens (including phenoxy) is 1. The second-order valence-electron chi connectivity index (χ2n) is 2.09. The van der Waals surface area contributed by atoms with Gasteiger partial charge in [-0.1, -0.05) is 0 Å². The second kappa shape index (κ2) is 5.19. The fourth-order valence-electron chi connectivity index (χ4n) is 0.680. The normalized spacial score (nSPS) is 8.42. The molecule has 0 amide bonds. The number of carbonyl (C=O) groups is 1. The van der Waals surface area contributed by atoms with E-state index in [4.69, 9.17) is 9.84 Å². The summed E-state index contributed by atoms with van der Waals surface area (Å²) >= 11 is 0. The zero-order valence-corrected chi connectivity index (χ0v) is 9.07. The molecule has 0 aliphatic carbocycles. The first-order chi connectivity index (χ1) is 5.18. The molecule has 1 radical (unpaired) electrons. The summed E-state index contributed by atoms with van der Waals surface area (Å²) in [6, 6.07) is 5.96. The van der Waals surface area contributed by atoms with E-state index in [1.54, 1.807) is 0 Å². The molecule has 0 bridgehead atoms. The Hall–Kier alpha value is -0.510. The van der Waals surface area contributed by atoms with Gasteiger partial charge in [-0.25, -0.2) is 0 Å². The Balaban J connectivity index is 0.00000121. The van der Waals surface area contributed by atoms with E-state index >= 15 is 0 Å². The Kier molecular flexibility index (Phi) is 4.97. The van der Waals surface area contributed by atoms with Crippen LogP contribution in [0.25, 0.3) is 0 Å². The number of esters is 1. The minimum Gasteiger partial charge on any atom is -0.508 e. The minimum atomic E-state index is -0.365. The molecule has 0 aromatic heterocycles. The summed E-state index contributed by atoms with van der Waals surface area (Å²) < 4.78 is 4.72. The van der Waals surface area contributed by atoms with Gasteiger partial charge < -0.3 is 9.84 Å². The van der Waals surface area contributed by atoms with Gasteiger partial charge in [0.05, 0.1) is 0 Å². The number of benzene rings is 1. The summed E-state index contributed by atoms with van der Waals surface area (Å²) in [5, 5.41) is 8.85. The number of phenols is 1. The van der Waals surface area contributed by atoms with Crippen molar-refractivity contribution < 1.29 is 14.6 Å². The van der Waals surface area contributed by atoms with E-state index < -0.39 is 0 Å². The Morgan fingerprint density at radius 2 is 1.83 bits per heavy atom. The second-order valence-corrected chi connectivity index (χ2v) is 2.09. The maximum atomic E-state index is 10.4. The molecule has 59 valence electrons.